The Morgan fingerprint density at radius 3 is 2.81 bits per heavy atom. The Kier molecular flexibility index (Phi) is 5.65. The molecule has 0 spiro atoms. The number of hydrogen-bond acceptors (Lipinski definition) is 3. The van der Waals surface area contributed by atoms with Crippen LogP contribution in [0.5, 0.6) is 5.75 Å². The largest absolute Gasteiger partial charge is 0.494 e. The zero-order valence-corrected chi connectivity index (χ0v) is 13.8. The first-order valence-electron chi connectivity index (χ1n) is 8.22. The van der Waals surface area contributed by atoms with Gasteiger partial charge in [0, 0.05) is 12.6 Å². The molecule has 1 fully saturated rings. The summed E-state index contributed by atoms with van der Waals surface area (Å²) in [6.07, 6.45) is 3.81. The van der Waals surface area contributed by atoms with E-state index < -0.39 is 0 Å². The van der Waals surface area contributed by atoms with Crippen molar-refractivity contribution in [2.45, 2.75) is 46.1 Å². The molecule has 118 valence electrons. The van der Waals surface area contributed by atoms with Crippen molar-refractivity contribution in [1.82, 2.24) is 4.90 Å². The summed E-state index contributed by atoms with van der Waals surface area (Å²) < 4.78 is 5.63. The number of ether oxygens (including phenoxy) is 1. The van der Waals surface area contributed by atoms with E-state index in [1.807, 2.05) is 13.0 Å². The minimum absolute atomic E-state index is 0.305. The smallest absolute Gasteiger partial charge is 0.119 e. The molecule has 0 radical (unpaired) electrons. The summed E-state index contributed by atoms with van der Waals surface area (Å²) in [7, 11) is 0. The molecule has 21 heavy (non-hydrogen) atoms. The molecule has 1 aromatic carbocycles. The highest BCUT2D eigenvalue weighted by atomic mass is 16.5. The third-order valence-corrected chi connectivity index (χ3v) is 4.59. The van der Waals surface area contributed by atoms with Crippen LogP contribution < -0.4 is 10.5 Å². The van der Waals surface area contributed by atoms with E-state index >= 15 is 0 Å². The molecule has 0 aromatic heterocycles. The van der Waals surface area contributed by atoms with E-state index in [1.54, 1.807) is 0 Å². The van der Waals surface area contributed by atoms with Gasteiger partial charge in [-0.3, -0.25) is 4.90 Å². The van der Waals surface area contributed by atoms with Gasteiger partial charge in [0.2, 0.25) is 0 Å². The summed E-state index contributed by atoms with van der Waals surface area (Å²) in [6, 6.07) is 8.73. The number of benzene rings is 1. The molecule has 1 aliphatic heterocycles. The highest BCUT2D eigenvalue weighted by Gasteiger charge is 2.27. The van der Waals surface area contributed by atoms with Crippen LogP contribution in [0.3, 0.4) is 0 Å². The van der Waals surface area contributed by atoms with Crippen LogP contribution in [0, 0.1) is 5.41 Å². The van der Waals surface area contributed by atoms with E-state index in [0.29, 0.717) is 24.6 Å². The van der Waals surface area contributed by atoms with E-state index in [4.69, 9.17) is 10.5 Å². The lowest BCUT2D eigenvalue weighted by atomic mass is 9.85. The van der Waals surface area contributed by atoms with Crippen molar-refractivity contribution < 1.29 is 4.74 Å². The lowest BCUT2D eigenvalue weighted by molar-refractivity contribution is 0.199. The molecule has 1 saturated heterocycles. The summed E-state index contributed by atoms with van der Waals surface area (Å²) >= 11 is 0. The quantitative estimate of drug-likeness (QED) is 0.900. The number of nitrogens with two attached hydrogens (primary N) is 1. The molecule has 1 atom stereocenters. The zero-order valence-electron chi connectivity index (χ0n) is 13.8. The number of likely N-dealkylation sites (tertiary alicyclic amines) is 1. The van der Waals surface area contributed by atoms with Crippen LogP contribution >= 0.6 is 0 Å². The average Bonchev–Trinajstić information content (AvgIpc) is 2.62. The van der Waals surface area contributed by atoms with Crippen LogP contribution in [0.2, 0.25) is 0 Å². The third-order valence-electron chi connectivity index (χ3n) is 4.59. The first-order valence-corrected chi connectivity index (χ1v) is 8.22. The minimum atomic E-state index is 0.305. The Labute approximate surface area is 129 Å². The monoisotopic (exact) mass is 290 g/mol. The second-order valence-electron chi connectivity index (χ2n) is 6.81. The molecule has 1 unspecified atom stereocenters. The number of nitrogens with zero attached hydrogens (tertiary/aromatic N) is 1. The molecule has 3 nitrogen and oxygen atoms in total. The molecule has 1 heterocycles. The van der Waals surface area contributed by atoms with E-state index in [-0.39, 0.29) is 0 Å². The van der Waals surface area contributed by atoms with Crippen LogP contribution in [0.25, 0.3) is 0 Å². The fraction of sp³-hybridized carbons (Fsp3) is 0.667. The van der Waals surface area contributed by atoms with Gasteiger partial charge in [0.15, 0.2) is 0 Å². The maximum atomic E-state index is 6.10. The first-order chi connectivity index (χ1) is 10.1. The Balaban J connectivity index is 2.13. The maximum Gasteiger partial charge on any atom is 0.119 e. The van der Waals surface area contributed by atoms with Gasteiger partial charge in [-0.25, -0.2) is 0 Å². The van der Waals surface area contributed by atoms with Crippen molar-refractivity contribution in [2.24, 2.45) is 11.1 Å². The molecular weight excluding hydrogens is 260 g/mol. The van der Waals surface area contributed by atoms with Gasteiger partial charge in [0.1, 0.15) is 5.75 Å². The standard InChI is InChI=1S/C18H30N2O/c1-4-21-16-8-5-7-15(13-16)17(14-19)20-11-6-9-18(2,3)10-12-20/h5,7-8,13,17H,4,6,9-12,14,19H2,1-3H3. The fourth-order valence-corrected chi connectivity index (χ4v) is 3.23. The molecule has 0 amide bonds. The Morgan fingerprint density at radius 1 is 1.29 bits per heavy atom. The van der Waals surface area contributed by atoms with E-state index in [0.717, 1.165) is 18.8 Å². The summed E-state index contributed by atoms with van der Waals surface area (Å²) in [5.74, 6) is 0.948. The van der Waals surface area contributed by atoms with Gasteiger partial charge >= 0.3 is 0 Å². The normalized spacial score (nSPS) is 20.8. The van der Waals surface area contributed by atoms with Crippen molar-refractivity contribution in [3.8, 4) is 5.75 Å². The molecular formula is C18H30N2O. The lowest BCUT2D eigenvalue weighted by Crippen LogP contribution is -2.35. The molecule has 3 heteroatoms. The molecule has 0 aliphatic carbocycles. The maximum absolute atomic E-state index is 6.10. The minimum Gasteiger partial charge on any atom is -0.494 e. The predicted octanol–water partition coefficient (Wildman–Crippen LogP) is 3.60. The average molecular weight is 290 g/mol. The topological polar surface area (TPSA) is 38.5 Å². The molecule has 1 aliphatic rings. The highest BCUT2D eigenvalue weighted by Crippen LogP contribution is 2.33. The van der Waals surface area contributed by atoms with Crippen LogP contribution in [0.4, 0.5) is 0 Å². The van der Waals surface area contributed by atoms with Crippen LogP contribution in [-0.2, 0) is 0 Å². The SMILES string of the molecule is CCOc1cccc(C(CN)N2CCCC(C)(C)CC2)c1. The third kappa shape index (κ3) is 4.45. The second-order valence-corrected chi connectivity index (χ2v) is 6.81. The Morgan fingerprint density at radius 2 is 2.10 bits per heavy atom. The van der Waals surface area contributed by atoms with Crippen molar-refractivity contribution in [2.75, 3.05) is 26.2 Å². The summed E-state index contributed by atoms with van der Waals surface area (Å²) in [5, 5.41) is 0. The Hall–Kier alpha value is -1.06. The molecule has 1 aromatic rings. The van der Waals surface area contributed by atoms with Gasteiger partial charge < -0.3 is 10.5 Å². The van der Waals surface area contributed by atoms with Gasteiger partial charge in [-0.2, -0.15) is 0 Å². The molecule has 2 N–H and O–H groups in total. The molecule has 0 saturated carbocycles. The van der Waals surface area contributed by atoms with Gasteiger partial charge in [-0.05, 0) is 62.4 Å². The number of rotatable bonds is 5. The van der Waals surface area contributed by atoms with Crippen LogP contribution in [0.1, 0.15) is 51.6 Å². The zero-order chi connectivity index (χ0) is 15.3. The fourth-order valence-electron chi connectivity index (χ4n) is 3.23. The van der Waals surface area contributed by atoms with Crippen LogP contribution in [-0.4, -0.2) is 31.1 Å². The Bertz CT molecular complexity index is 445. The van der Waals surface area contributed by atoms with Gasteiger partial charge in [0.25, 0.3) is 0 Å². The summed E-state index contributed by atoms with van der Waals surface area (Å²) in [5.41, 5.74) is 7.84. The summed E-state index contributed by atoms with van der Waals surface area (Å²) in [6.45, 7) is 10.4. The highest BCUT2D eigenvalue weighted by molar-refractivity contribution is 5.31. The number of hydrogen-bond donors (Lipinski definition) is 1. The first kappa shape index (κ1) is 16.3. The van der Waals surface area contributed by atoms with Crippen LogP contribution in [0.15, 0.2) is 24.3 Å². The summed E-state index contributed by atoms with van der Waals surface area (Å²) in [4.78, 5) is 2.56. The van der Waals surface area contributed by atoms with Crippen molar-refractivity contribution in [1.29, 1.82) is 0 Å². The van der Waals surface area contributed by atoms with E-state index in [2.05, 4.69) is 36.9 Å². The molecule has 0 bridgehead atoms. The van der Waals surface area contributed by atoms with Gasteiger partial charge in [0.05, 0.1) is 6.61 Å². The lowest BCUT2D eigenvalue weighted by Gasteiger charge is -2.31. The predicted molar refractivity (Wildman–Crippen MR) is 88.6 cm³/mol. The van der Waals surface area contributed by atoms with E-state index in [9.17, 15) is 0 Å². The van der Waals surface area contributed by atoms with Crippen molar-refractivity contribution in [3.63, 3.8) is 0 Å². The van der Waals surface area contributed by atoms with Gasteiger partial charge in [-0.1, -0.05) is 26.0 Å². The second kappa shape index (κ2) is 7.28. The van der Waals surface area contributed by atoms with Crippen molar-refractivity contribution >= 4 is 0 Å². The van der Waals surface area contributed by atoms with Gasteiger partial charge in [-0.15, -0.1) is 0 Å². The molecule has 2 rings (SSSR count). The van der Waals surface area contributed by atoms with E-state index in [1.165, 1.54) is 24.8 Å². The van der Waals surface area contributed by atoms with Crippen molar-refractivity contribution in [3.05, 3.63) is 29.8 Å².